The molecule has 2 aromatic heterocycles. The van der Waals surface area contributed by atoms with Gasteiger partial charge in [0, 0.05) is 31.9 Å². The molecule has 1 N–H and O–H groups in total. The number of pyridine rings is 1. The number of hydrogen-bond donors (Lipinski definition) is 1. The van der Waals surface area contributed by atoms with Crippen LogP contribution in [0.4, 0.5) is 4.39 Å². The van der Waals surface area contributed by atoms with Gasteiger partial charge in [0.15, 0.2) is 0 Å². The van der Waals surface area contributed by atoms with E-state index in [0.29, 0.717) is 0 Å². The highest BCUT2D eigenvalue weighted by atomic mass is 19.1. The maximum Gasteiger partial charge on any atom is 0.326 e. The van der Waals surface area contributed by atoms with Crippen LogP contribution in [0.3, 0.4) is 0 Å². The van der Waals surface area contributed by atoms with Crippen molar-refractivity contribution in [2.24, 2.45) is 0 Å². The zero-order valence-electron chi connectivity index (χ0n) is 13.3. The van der Waals surface area contributed by atoms with Crippen molar-refractivity contribution in [1.82, 2.24) is 19.4 Å². The molecule has 0 bridgehead atoms. The molecule has 0 amide bonds. The van der Waals surface area contributed by atoms with Crippen molar-refractivity contribution in [1.29, 1.82) is 0 Å². The van der Waals surface area contributed by atoms with Gasteiger partial charge in [0.25, 0.3) is 0 Å². The van der Waals surface area contributed by atoms with Crippen molar-refractivity contribution >= 4 is 11.0 Å². The van der Waals surface area contributed by atoms with E-state index in [4.69, 9.17) is 0 Å². The zero-order valence-corrected chi connectivity index (χ0v) is 13.3. The Kier molecular flexibility index (Phi) is 3.90. The lowest BCUT2D eigenvalue weighted by atomic mass is 10.0. The summed E-state index contributed by atoms with van der Waals surface area (Å²) >= 11 is 0. The summed E-state index contributed by atoms with van der Waals surface area (Å²) < 4.78 is 14.8. The SMILES string of the molecule is O=c1[nH]c2ccccc2n1C1CCN(Cc2ccc(F)nc2)CC1. The molecule has 3 aromatic rings. The lowest BCUT2D eigenvalue weighted by molar-refractivity contribution is 0.179. The maximum atomic E-state index is 12.9. The molecule has 1 aliphatic heterocycles. The maximum absolute atomic E-state index is 12.9. The number of hydrogen-bond acceptors (Lipinski definition) is 3. The second-order valence-electron chi connectivity index (χ2n) is 6.31. The van der Waals surface area contributed by atoms with Crippen LogP contribution in [-0.4, -0.2) is 32.5 Å². The van der Waals surface area contributed by atoms with Crippen LogP contribution < -0.4 is 5.69 Å². The van der Waals surface area contributed by atoms with E-state index in [1.807, 2.05) is 28.8 Å². The predicted octanol–water partition coefficient (Wildman–Crippen LogP) is 2.70. The first-order valence-corrected chi connectivity index (χ1v) is 8.23. The number of piperidine rings is 1. The number of para-hydroxylation sites is 2. The highest BCUT2D eigenvalue weighted by molar-refractivity contribution is 5.75. The summed E-state index contributed by atoms with van der Waals surface area (Å²) in [7, 11) is 0. The second-order valence-corrected chi connectivity index (χ2v) is 6.31. The van der Waals surface area contributed by atoms with Crippen LogP contribution in [0.15, 0.2) is 47.4 Å². The third-order valence-corrected chi connectivity index (χ3v) is 4.74. The van der Waals surface area contributed by atoms with Gasteiger partial charge in [0.05, 0.1) is 11.0 Å². The quantitative estimate of drug-likeness (QED) is 0.753. The molecule has 124 valence electrons. The number of aromatic amines is 1. The van der Waals surface area contributed by atoms with Crippen LogP contribution in [0, 0.1) is 5.95 Å². The topological polar surface area (TPSA) is 53.9 Å². The summed E-state index contributed by atoms with van der Waals surface area (Å²) in [5.41, 5.74) is 2.85. The van der Waals surface area contributed by atoms with Gasteiger partial charge in [-0.25, -0.2) is 9.78 Å². The van der Waals surface area contributed by atoms with E-state index in [2.05, 4.69) is 14.9 Å². The van der Waals surface area contributed by atoms with E-state index in [-0.39, 0.29) is 11.7 Å². The number of nitrogens with zero attached hydrogens (tertiary/aromatic N) is 3. The fraction of sp³-hybridized carbons (Fsp3) is 0.333. The van der Waals surface area contributed by atoms with Gasteiger partial charge in [-0.1, -0.05) is 18.2 Å². The van der Waals surface area contributed by atoms with Gasteiger partial charge < -0.3 is 4.98 Å². The summed E-state index contributed by atoms with van der Waals surface area (Å²) in [6.07, 6.45) is 3.44. The average Bonchev–Trinajstić information content (AvgIpc) is 2.93. The molecule has 0 spiro atoms. The molecular formula is C18H19FN4O. The van der Waals surface area contributed by atoms with Gasteiger partial charge in [-0.15, -0.1) is 0 Å². The Morgan fingerprint density at radius 2 is 1.96 bits per heavy atom. The number of fused-ring (bicyclic) bond motifs is 1. The third-order valence-electron chi connectivity index (χ3n) is 4.74. The number of likely N-dealkylation sites (tertiary alicyclic amines) is 1. The standard InChI is InChI=1S/C18H19FN4O/c19-17-6-5-13(11-20-17)12-22-9-7-14(8-10-22)23-16-4-2-1-3-15(16)21-18(23)24/h1-6,11,14H,7-10,12H2,(H,21,24). The number of imidazole rings is 1. The Labute approximate surface area is 138 Å². The highest BCUT2D eigenvalue weighted by Crippen LogP contribution is 2.25. The Morgan fingerprint density at radius 3 is 2.71 bits per heavy atom. The molecule has 1 fully saturated rings. The number of halogens is 1. The van der Waals surface area contributed by atoms with Crippen LogP contribution in [0.25, 0.3) is 11.0 Å². The molecule has 24 heavy (non-hydrogen) atoms. The van der Waals surface area contributed by atoms with Crippen molar-refractivity contribution in [3.63, 3.8) is 0 Å². The smallest absolute Gasteiger partial charge is 0.306 e. The molecule has 0 saturated carbocycles. The van der Waals surface area contributed by atoms with E-state index in [0.717, 1.165) is 49.1 Å². The minimum Gasteiger partial charge on any atom is -0.306 e. The molecule has 1 aliphatic rings. The summed E-state index contributed by atoms with van der Waals surface area (Å²) in [6, 6.07) is 11.2. The van der Waals surface area contributed by atoms with E-state index in [9.17, 15) is 9.18 Å². The first-order valence-electron chi connectivity index (χ1n) is 8.23. The number of nitrogens with one attached hydrogen (secondary N) is 1. The molecule has 0 radical (unpaired) electrons. The van der Waals surface area contributed by atoms with Crippen molar-refractivity contribution in [2.75, 3.05) is 13.1 Å². The molecule has 3 heterocycles. The number of aromatic nitrogens is 3. The Hall–Kier alpha value is -2.47. The average molecular weight is 326 g/mol. The predicted molar refractivity (Wildman–Crippen MR) is 90.3 cm³/mol. The largest absolute Gasteiger partial charge is 0.326 e. The van der Waals surface area contributed by atoms with Gasteiger partial charge in [-0.05, 0) is 36.6 Å². The lowest BCUT2D eigenvalue weighted by Crippen LogP contribution is -2.36. The summed E-state index contributed by atoms with van der Waals surface area (Å²) in [6.45, 7) is 2.59. The highest BCUT2D eigenvalue weighted by Gasteiger charge is 2.23. The van der Waals surface area contributed by atoms with Gasteiger partial charge in [0.1, 0.15) is 0 Å². The molecule has 0 aliphatic carbocycles. The van der Waals surface area contributed by atoms with Crippen LogP contribution in [0.1, 0.15) is 24.4 Å². The summed E-state index contributed by atoms with van der Waals surface area (Å²) in [5, 5.41) is 0. The van der Waals surface area contributed by atoms with Crippen LogP contribution >= 0.6 is 0 Å². The fourth-order valence-corrected chi connectivity index (χ4v) is 3.53. The monoisotopic (exact) mass is 326 g/mol. The van der Waals surface area contributed by atoms with Gasteiger partial charge in [-0.3, -0.25) is 9.47 Å². The van der Waals surface area contributed by atoms with E-state index < -0.39 is 5.95 Å². The van der Waals surface area contributed by atoms with Crippen LogP contribution in [0.2, 0.25) is 0 Å². The van der Waals surface area contributed by atoms with Crippen molar-refractivity contribution in [3.05, 3.63) is 64.6 Å². The second kappa shape index (κ2) is 6.20. The minimum absolute atomic E-state index is 0.0302. The van der Waals surface area contributed by atoms with Crippen molar-refractivity contribution in [2.45, 2.75) is 25.4 Å². The van der Waals surface area contributed by atoms with Gasteiger partial charge in [0.2, 0.25) is 5.95 Å². The summed E-state index contributed by atoms with van der Waals surface area (Å²) in [4.78, 5) is 21.3. The fourth-order valence-electron chi connectivity index (χ4n) is 3.53. The van der Waals surface area contributed by atoms with Crippen LogP contribution in [-0.2, 0) is 6.54 Å². The molecule has 0 atom stereocenters. The van der Waals surface area contributed by atoms with Gasteiger partial charge >= 0.3 is 5.69 Å². The van der Waals surface area contributed by atoms with E-state index in [1.165, 1.54) is 6.07 Å². The minimum atomic E-state index is -0.448. The van der Waals surface area contributed by atoms with E-state index >= 15 is 0 Å². The first kappa shape index (κ1) is 15.1. The lowest BCUT2D eigenvalue weighted by Gasteiger charge is -2.32. The molecule has 0 unspecified atom stereocenters. The normalized spacial score (nSPS) is 16.7. The third kappa shape index (κ3) is 2.85. The molecule has 4 rings (SSSR count). The molecular weight excluding hydrogens is 307 g/mol. The molecule has 6 heteroatoms. The zero-order chi connectivity index (χ0) is 16.5. The first-order chi connectivity index (χ1) is 11.7. The number of rotatable bonds is 3. The Morgan fingerprint density at radius 1 is 1.17 bits per heavy atom. The van der Waals surface area contributed by atoms with Crippen LogP contribution in [0.5, 0.6) is 0 Å². The Bertz CT molecular complexity index is 891. The number of H-pyrrole nitrogens is 1. The number of benzene rings is 1. The molecule has 1 aromatic carbocycles. The summed E-state index contributed by atoms with van der Waals surface area (Å²) in [5.74, 6) is -0.448. The Balaban J connectivity index is 1.46. The van der Waals surface area contributed by atoms with Gasteiger partial charge in [-0.2, -0.15) is 4.39 Å². The molecule has 5 nitrogen and oxygen atoms in total. The van der Waals surface area contributed by atoms with E-state index in [1.54, 1.807) is 12.3 Å². The van der Waals surface area contributed by atoms with Crippen molar-refractivity contribution in [3.8, 4) is 0 Å². The van der Waals surface area contributed by atoms with Crippen molar-refractivity contribution < 1.29 is 4.39 Å². The molecule has 1 saturated heterocycles.